The standard InChI is InChI=1S/C11H9N3OS/c1-15-8-4-6-16-9(8)11-13-7-3-2-5-12-10(7)14-11/h2-6H,1H3,(H,12,13,14). The molecule has 0 aliphatic heterocycles. The molecule has 0 atom stereocenters. The van der Waals surface area contributed by atoms with E-state index in [2.05, 4.69) is 15.0 Å². The molecule has 0 bridgehead atoms. The molecule has 3 aromatic rings. The largest absolute Gasteiger partial charge is 0.495 e. The molecule has 4 nitrogen and oxygen atoms in total. The van der Waals surface area contributed by atoms with E-state index in [0.717, 1.165) is 27.6 Å². The summed E-state index contributed by atoms with van der Waals surface area (Å²) >= 11 is 1.60. The number of hydrogen-bond acceptors (Lipinski definition) is 4. The van der Waals surface area contributed by atoms with Gasteiger partial charge in [0.05, 0.1) is 12.6 Å². The summed E-state index contributed by atoms with van der Waals surface area (Å²) in [5.41, 5.74) is 1.67. The zero-order valence-corrected chi connectivity index (χ0v) is 9.41. The number of methoxy groups -OCH3 is 1. The predicted octanol–water partition coefficient (Wildman–Crippen LogP) is 2.70. The third-order valence-corrected chi connectivity index (χ3v) is 3.22. The maximum Gasteiger partial charge on any atom is 0.178 e. The van der Waals surface area contributed by atoms with Crippen LogP contribution in [0.25, 0.3) is 21.9 Å². The van der Waals surface area contributed by atoms with Crippen molar-refractivity contribution in [1.29, 1.82) is 0 Å². The maximum atomic E-state index is 5.27. The highest BCUT2D eigenvalue weighted by Crippen LogP contribution is 2.33. The number of imidazole rings is 1. The summed E-state index contributed by atoms with van der Waals surface area (Å²) < 4.78 is 5.27. The van der Waals surface area contributed by atoms with Gasteiger partial charge in [-0.1, -0.05) is 0 Å². The minimum Gasteiger partial charge on any atom is -0.495 e. The number of rotatable bonds is 2. The van der Waals surface area contributed by atoms with Crippen molar-refractivity contribution in [2.24, 2.45) is 0 Å². The van der Waals surface area contributed by atoms with E-state index in [9.17, 15) is 0 Å². The highest BCUT2D eigenvalue weighted by atomic mass is 32.1. The van der Waals surface area contributed by atoms with Crippen molar-refractivity contribution in [3.8, 4) is 16.5 Å². The molecular weight excluding hydrogens is 222 g/mol. The molecule has 0 unspecified atom stereocenters. The number of ether oxygens (including phenoxy) is 1. The number of fused-ring (bicyclic) bond motifs is 1. The van der Waals surface area contributed by atoms with Crippen LogP contribution in [-0.4, -0.2) is 22.1 Å². The second-order valence-electron chi connectivity index (χ2n) is 3.28. The second kappa shape index (κ2) is 3.61. The van der Waals surface area contributed by atoms with E-state index in [1.165, 1.54) is 0 Å². The lowest BCUT2D eigenvalue weighted by atomic mass is 10.4. The first-order valence-corrected chi connectivity index (χ1v) is 5.69. The molecule has 0 saturated heterocycles. The van der Waals surface area contributed by atoms with Crippen LogP contribution in [-0.2, 0) is 0 Å². The smallest absolute Gasteiger partial charge is 0.178 e. The van der Waals surface area contributed by atoms with E-state index in [1.807, 2.05) is 23.6 Å². The Morgan fingerprint density at radius 3 is 3.12 bits per heavy atom. The van der Waals surface area contributed by atoms with Gasteiger partial charge in [-0.3, -0.25) is 0 Å². The zero-order chi connectivity index (χ0) is 11.0. The molecule has 1 N–H and O–H groups in total. The van der Waals surface area contributed by atoms with Crippen LogP contribution in [0, 0.1) is 0 Å². The Balaban J connectivity index is 2.19. The molecule has 3 rings (SSSR count). The second-order valence-corrected chi connectivity index (χ2v) is 4.19. The van der Waals surface area contributed by atoms with Crippen LogP contribution in [0.4, 0.5) is 0 Å². The first-order chi connectivity index (χ1) is 7.88. The maximum absolute atomic E-state index is 5.27. The first-order valence-electron chi connectivity index (χ1n) is 4.81. The van der Waals surface area contributed by atoms with Gasteiger partial charge >= 0.3 is 0 Å². The van der Waals surface area contributed by atoms with Crippen LogP contribution >= 0.6 is 11.3 Å². The normalized spacial score (nSPS) is 10.8. The lowest BCUT2D eigenvalue weighted by Crippen LogP contribution is -1.83. The lowest BCUT2D eigenvalue weighted by Gasteiger charge is -1.97. The van der Waals surface area contributed by atoms with Gasteiger partial charge in [-0.2, -0.15) is 0 Å². The van der Waals surface area contributed by atoms with Crippen LogP contribution in [0.1, 0.15) is 0 Å². The molecule has 16 heavy (non-hydrogen) atoms. The van der Waals surface area contributed by atoms with Gasteiger partial charge in [-0.15, -0.1) is 11.3 Å². The van der Waals surface area contributed by atoms with E-state index >= 15 is 0 Å². The number of nitrogens with one attached hydrogen (secondary N) is 1. The molecule has 0 radical (unpaired) electrons. The van der Waals surface area contributed by atoms with Gasteiger partial charge in [0.1, 0.15) is 10.6 Å². The Kier molecular flexibility index (Phi) is 2.11. The lowest BCUT2D eigenvalue weighted by molar-refractivity contribution is 0.418. The van der Waals surface area contributed by atoms with Crippen molar-refractivity contribution in [2.75, 3.05) is 7.11 Å². The van der Waals surface area contributed by atoms with Gasteiger partial charge in [-0.05, 0) is 23.6 Å². The van der Waals surface area contributed by atoms with E-state index < -0.39 is 0 Å². The molecule has 5 heteroatoms. The third-order valence-electron chi connectivity index (χ3n) is 2.32. The topological polar surface area (TPSA) is 50.8 Å². The number of hydrogen-bond donors (Lipinski definition) is 1. The first kappa shape index (κ1) is 9.35. The molecular formula is C11H9N3OS. The summed E-state index contributed by atoms with van der Waals surface area (Å²) in [6.45, 7) is 0. The summed E-state index contributed by atoms with van der Waals surface area (Å²) in [4.78, 5) is 12.8. The van der Waals surface area contributed by atoms with Crippen molar-refractivity contribution < 1.29 is 4.74 Å². The van der Waals surface area contributed by atoms with Crippen LogP contribution in [0.15, 0.2) is 29.8 Å². The monoisotopic (exact) mass is 231 g/mol. The Morgan fingerprint density at radius 2 is 2.31 bits per heavy atom. The van der Waals surface area contributed by atoms with E-state index in [1.54, 1.807) is 24.6 Å². The van der Waals surface area contributed by atoms with Crippen molar-refractivity contribution >= 4 is 22.5 Å². The fourth-order valence-electron chi connectivity index (χ4n) is 1.58. The minimum absolute atomic E-state index is 0.730. The molecule has 0 fully saturated rings. The van der Waals surface area contributed by atoms with Crippen LogP contribution in [0.3, 0.4) is 0 Å². The van der Waals surface area contributed by atoms with Crippen LogP contribution in [0.2, 0.25) is 0 Å². The highest BCUT2D eigenvalue weighted by Gasteiger charge is 2.11. The Bertz CT molecular complexity index is 596. The quantitative estimate of drug-likeness (QED) is 0.737. The average Bonchev–Trinajstić information content (AvgIpc) is 2.94. The van der Waals surface area contributed by atoms with Gasteiger partial charge in [0.2, 0.25) is 0 Å². The molecule has 0 amide bonds. The SMILES string of the molecule is COc1ccsc1-c1nc2ncccc2[nH]1. The highest BCUT2D eigenvalue weighted by molar-refractivity contribution is 7.13. The summed E-state index contributed by atoms with van der Waals surface area (Å²) in [5.74, 6) is 1.64. The van der Waals surface area contributed by atoms with E-state index in [0.29, 0.717) is 0 Å². The average molecular weight is 231 g/mol. The molecule has 3 heterocycles. The van der Waals surface area contributed by atoms with Crippen molar-refractivity contribution in [3.63, 3.8) is 0 Å². The summed E-state index contributed by atoms with van der Waals surface area (Å²) in [5, 5.41) is 1.98. The van der Waals surface area contributed by atoms with Gasteiger partial charge < -0.3 is 9.72 Å². The van der Waals surface area contributed by atoms with Crippen molar-refractivity contribution in [3.05, 3.63) is 29.8 Å². The zero-order valence-electron chi connectivity index (χ0n) is 8.60. The Morgan fingerprint density at radius 1 is 1.38 bits per heavy atom. The molecule has 0 aliphatic carbocycles. The number of nitrogens with zero attached hydrogens (tertiary/aromatic N) is 2. The van der Waals surface area contributed by atoms with Crippen LogP contribution in [0.5, 0.6) is 5.75 Å². The number of aromatic amines is 1. The molecule has 0 spiro atoms. The number of pyridine rings is 1. The molecule has 0 aliphatic rings. The molecule has 0 saturated carbocycles. The number of aromatic nitrogens is 3. The van der Waals surface area contributed by atoms with Crippen molar-refractivity contribution in [1.82, 2.24) is 15.0 Å². The van der Waals surface area contributed by atoms with Crippen LogP contribution < -0.4 is 4.74 Å². The van der Waals surface area contributed by atoms with Gasteiger partial charge in [0.15, 0.2) is 11.5 Å². The number of thiophene rings is 1. The van der Waals surface area contributed by atoms with Gasteiger partial charge in [0.25, 0.3) is 0 Å². The van der Waals surface area contributed by atoms with E-state index in [-0.39, 0.29) is 0 Å². The Hall–Kier alpha value is -1.88. The molecule has 3 aromatic heterocycles. The Labute approximate surface area is 95.9 Å². The summed E-state index contributed by atoms with van der Waals surface area (Å²) in [6.07, 6.45) is 1.73. The van der Waals surface area contributed by atoms with Crippen molar-refractivity contribution in [2.45, 2.75) is 0 Å². The van der Waals surface area contributed by atoms with E-state index in [4.69, 9.17) is 4.74 Å². The fourth-order valence-corrected chi connectivity index (χ4v) is 2.39. The third kappa shape index (κ3) is 1.37. The summed E-state index contributed by atoms with van der Waals surface area (Å²) in [7, 11) is 1.66. The predicted molar refractivity (Wildman–Crippen MR) is 63.8 cm³/mol. The molecule has 0 aromatic carbocycles. The fraction of sp³-hybridized carbons (Fsp3) is 0.0909. The number of H-pyrrole nitrogens is 1. The minimum atomic E-state index is 0.730. The summed E-state index contributed by atoms with van der Waals surface area (Å²) in [6, 6.07) is 5.77. The van der Waals surface area contributed by atoms with Gasteiger partial charge in [0, 0.05) is 6.20 Å². The van der Waals surface area contributed by atoms with Gasteiger partial charge in [-0.25, -0.2) is 9.97 Å². The molecule has 80 valence electrons.